The van der Waals surface area contributed by atoms with Gasteiger partial charge in [0.15, 0.2) is 0 Å². The van der Waals surface area contributed by atoms with Crippen molar-refractivity contribution in [2.45, 2.75) is 12.5 Å². The number of benzene rings is 1. The van der Waals surface area contributed by atoms with Gasteiger partial charge in [-0.3, -0.25) is 0 Å². The number of hydrogen-bond acceptors (Lipinski definition) is 2. The summed E-state index contributed by atoms with van der Waals surface area (Å²) in [7, 11) is 0. The zero-order chi connectivity index (χ0) is 10.8. The van der Waals surface area contributed by atoms with E-state index >= 15 is 0 Å². The Morgan fingerprint density at radius 2 is 2.00 bits per heavy atom. The number of alkyl carbamates (subject to hydrolysis) is 1. The monoisotopic (exact) mass is 245 g/mol. The number of cyclic esters (lactones) is 1. The SMILES string of the molecule is O=C1N[C@H](c2c(Cl)cccc2Cl)CCO1. The third-order valence-corrected chi connectivity index (χ3v) is 2.94. The molecule has 1 aromatic carbocycles. The van der Waals surface area contributed by atoms with E-state index in [0.29, 0.717) is 23.1 Å². The highest BCUT2D eigenvalue weighted by Crippen LogP contribution is 2.32. The number of halogens is 2. The molecule has 0 radical (unpaired) electrons. The fraction of sp³-hybridized carbons (Fsp3) is 0.300. The number of amides is 1. The van der Waals surface area contributed by atoms with Gasteiger partial charge >= 0.3 is 6.09 Å². The molecule has 0 aliphatic carbocycles. The Morgan fingerprint density at radius 1 is 1.33 bits per heavy atom. The van der Waals surface area contributed by atoms with Gasteiger partial charge in [-0.1, -0.05) is 29.3 Å². The van der Waals surface area contributed by atoms with Crippen molar-refractivity contribution in [2.24, 2.45) is 0 Å². The highest BCUT2D eigenvalue weighted by molar-refractivity contribution is 6.36. The lowest BCUT2D eigenvalue weighted by Gasteiger charge is -2.25. The summed E-state index contributed by atoms with van der Waals surface area (Å²) in [4.78, 5) is 11.0. The molecule has 0 spiro atoms. The van der Waals surface area contributed by atoms with Crippen LogP contribution in [0, 0.1) is 0 Å². The maximum atomic E-state index is 11.0. The maximum Gasteiger partial charge on any atom is 0.407 e. The lowest BCUT2D eigenvalue weighted by atomic mass is 10.0. The predicted molar refractivity (Wildman–Crippen MR) is 58.3 cm³/mol. The van der Waals surface area contributed by atoms with Crippen molar-refractivity contribution in [3.63, 3.8) is 0 Å². The normalized spacial score (nSPS) is 20.7. The number of carbonyl (C=O) groups excluding carboxylic acids is 1. The quantitative estimate of drug-likeness (QED) is 0.826. The summed E-state index contributed by atoms with van der Waals surface area (Å²) < 4.78 is 4.77. The Hall–Kier alpha value is -0.930. The molecule has 15 heavy (non-hydrogen) atoms. The van der Waals surface area contributed by atoms with Crippen molar-refractivity contribution in [1.29, 1.82) is 0 Å². The molecule has 80 valence electrons. The summed E-state index contributed by atoms with van der Waals surface area (Å²) in [6.45, 7) is 0.387. The van der Waals surface area contributed by atoms with E-state index in [1.165, 1.54) is 0 Å². The van der Waals surface area contributed by atoms with E-state index in [-0.39, 0.29) is 6.04 Å². The third-order valence-electron chi connectivity index (χ3n) is 2.28. The van der Waals surface area contributed by atoms with Crippen molar-refractivity contribution < 1.29 is 9.53 Å². The van der Waals surface area contributed by atoms with Crippen molar-refractivity contribution >= 4 is 29.3 Å². The molecule has 1 saturated heterocycles. The van der Waals surface area contributed by atoms with Crippen LogP contribution >= 0.6 is 23.2 Å². The van der Waals surface area contributed by atoms with Crippen molar-refractivity contribution in [2.75, 3.05) is 6.61 Å². The predicted octanol–water partition coefficient (Wildman–Crippen LogP) is 3.16. The molecule has 1 fully saturated rings. The van der Waals surface area contributed by atoms with Gasteiger partial charge in [-0.05, 0) is 12.1 Å². The molecule has 0 aromatic heterocycles. The van der Waals surface area contributed by atoms with Crippen molar-refractivity contribution in [1.82, 2.24) is 5.32 Å². The summed E-state index contributed by atoms with van der Waals surface area (Å²) in [5.41, 5.74) is 0.762. The van der Waals surface area contributed by atoms with Gasteiger partial charge in [0.25, 0.3) is 0 Å². The smallest absolute Gasteiger partial charge is 0.407 e. The van der Waals surface area contributed by atoms with Gasteiger partial charge in [-0.15, -0.1) is 0 Å². The zero-order valence-electron chi connectivity index (χ0n) is 7.80. The number of rotatable bonds is 1. The second kappa shape index (κ2) is 4.29. The van der Waals surface area contributed by atoms with Crippen LogP contribution in [0.5, 0.6) is 0 Å². The molecular formula is C10H9Cl2NO2. The second-order valence-corrected chi connectivity index (χ2v) is 4.07. The average Bonchev–Trinajstić information content (AvgIpc) is 2.17. The Labute approximate surface area is 97.3 Å². The average molecular weight is 246 g/mol. The number of ether oxygens (including phenoxy) is 1. The molecule has 3 nitrogen and oxygen atoms in total. The van der Waals surface area contributed by atoms with Crippen LogP contribution in [0.1, 0.15) is 18.0 Å². The summed E-state index contributed by atoms with van der Waals surface area (Å²) >= 11 is 12.1. The first-order chi connectivity index (χ1) is 7.18. The molecule has 1 aliphatic heterocycles. The number of hydrogen-bond donors (Lipinski definition) is 1. The lowest BCUT2D eigenvalue weighted by Crippen LogP contribution is -2.35. The summed E-state index contributed by atoms with van der Waals surface area (Å²) in [5.74, 6) is 0. The molecule has 1 aliphatic rings. The summed E-state index contributed by atoms with van der Waals surface area (Å²) in [6, 6.07) is 5.12. The van der Waals surface area contributed by atoms with E-state index in [1.807, 2.05) is 0 Å². The van der Waals surface area contributed by atoms with Crippen LogP contribution in [-0.2, 0) is 4.74 Å². The fourth-order valence-electron chi connectivity index (χ4n) is 1.59. The molecule has 1 heterocycles. The highest BCUT2D eigenvalue weighted by atomic mass is 35.5. The molecule has 1 N–H and O–H groups in total. The van der Waals surface area contributed by atoms with E-state index in [0.717, 1.165) is 5.56 Å². The van der Waals surface area contributed by atoms with Gasteiger partial charge < -0.3 is 10.1 Å². The third kappa shape index (κ3) is 2.19. The molecule has 1 amide bonds. The number of nitrogens with one attached hydrogen (secondary N) is 1. The minimum atomic E-state index is -0.428. The maximum absolute atomic E-state index is 11.0. The van der Waals surface area contributed by atoms with E-state index in [1.54, 1.807) is 18.2 Å². The largest absolute Gasteiger partial charge is 0.449 e. The van der Waals surface area contributed by atoms with Crippen molar-refractivity contribution in [3.8, 4) is 0 Å². The van der Waals surface area contributed by atoms with E-state index < -0.39 is 6.09 Å². The Balaban J connectivity index is 2.32. The molecule has 1 aromatic rings. The highest BCUT2D eigenvalue weighted by Gasteiger charge is 2.24. The first-order valence-electron chi connectivity index (χ1n) is 4.55. The van der Waals surface area contributed by atoms with Gasteiger partial charge in [-0.2, -0.15) is 0 Å². The minimum Gasteiger partial charge on any atom is -0.449 e. The molecule has 0 unspecified atom stereocenters. The standard InChI is InChI=1S/C10H9Cl2NO2/c11-6-2-1-3-7(12)9(6)8-4-5-15-10(14)13-8/h1-3,8H,4-5H2,(H,13,14)/t8-/m0/s1. The first kappa shape index (κ1) is 10.6. The van der Waals surface area contributed by atoms with Gasteiger partial charge in [-0.25, -0.2) is 4.79 Å². The van der Waals surface area contributed by atoms with Crippen LogP contribution in [-0.4, -0.2) is 12.7 Å². The molecule has 0 bridgehead atoms. The Morgan fingerprint density at radius 3 is 2.60 bits per heavy atom. The van der Waals surface area contributed by atoms with E-state index in [2.05, 4.69) is 5.32 Å². The molecule has 1 atom stereocenters. The Kier molecular flexibility index (Phi) is 3.03. The van der Waals surface area contributed by atoms with Gasteiger partial charge in [0.2, 0.25) is 0 Å². The zero-order valence-corrected chi connectivity index (χ0v) is 9.31. The molecular weight excluding hydrogens is 237 g/mol. The fourth-order valence-corrected chi connectivity index (χ4v) is 2.25. The van der Waals surface area contributed by atoms with Crippen LogP contribution in [0.3, 0.4) is 0 Å². The topological polar surface area (TPSA) is 38.3 Å². The number of carbonyl (C=O) groups is 1. The van der Waals surface area contributed by atoms with Crippen molar-refractivity contribution in [3.05, 3.63) is 33.8 Å². The van der Waals surface area contributed by atoms with Crippen LogP contribution in [0.25, 0.3) is 0 Å². The van der Waals surface area contributed by atoms with Crippen LogP contribution in [0.2, 0.25) is 10.0 Å². The summed E-state index contributed by atoms with van der Waals surface area (Å²) in [5, 5.41) is 3.81. The van der Waals surface area contributed by atoms with Crippen LogP contribution in [0.15, 0.2) is 18.2 Å². The minimum absolute atomic E-state index is 0.160. The summed E-state index contributed by atoms with van der Waals surface area (Å²) in [6.07, 6.45) is 0.247. The van der Waals surface area contributed by atoms with Crippen LogP contribution < -0.4 is 5.32 Å². The molecule has 2 rings (SSSR count). The van der Waals surface area contributed by atoms with Gasteiger partial charge in [0.1, 0.15) is 0 Å². The van der Waals surface area contributed by atoms with E-state index in [9.17, 15) is 4.79 Å². The lowest BCUT2D eigenvalue weighted by molar-refractivity contribution is 0.115. The van der Waals surface area contributed by atoms with E-state index in [4.69, 9.17) is 27.9 Å². The molecule has 5 heteroatoms. The Bertz CT molecular complexity index is 375. The molecule has 0 saturated carbocycles. The second-order valence-electron chi connectivity index (χ2n) is 3.26. The van der Waals surface area contributed by atoms with Crippen LogP contribution in [0.4, 0.5) is 4.79 Å². The van der Waals surface area contributed by atoms with Gasteiger partial charge in [0.05, 0.1) is 12.6 Å². The van der Waals surface area contributed by atoms with Gasteiger partial charge in [0, 0.05) is 22.0 Å². The first-order valence-corrected chi connectivity index (χ1v) is 5.31.